The average Bonchev–Trinajstić information content (AvgIpc) is 3.44. The van der Waals surface area contributed by atoms with Crippen LogP contribution < -0.4 is 21.6 Å². The standard InChI is InChI=1S/C40H40N4O8/c1-4-18(2)39(49)51-29-15-26-35(48)34-28(47)14-22(17-46)50-37(34)33-24(8-10-45)23-7-9-43-38(42)32(23)25-6-5-19-11-20-13-30(41)44-16-21(20)12-27(31(19)25)40(29,3)52-36(26)33/h4,6-7,9,13-14,16,24,27,29,45-46,48H,5,8,10-12,15,17H2,1-3H3,(H2,41,44)(H2,42,43). The fourth-order valence-corrected chi connectivity index (χ4v) is 8.72. The first kappa shape index (κ1) is 33.7. The molecule has 12 heteroatoms. The van der Waals surface area contributed by atoms with Crippen molar-refractivity contribution in [2.45, 2.75) is 77.1 Å². The normalized spacial score (nSPS) is 23.2. The zero-order valence-electron chi connectivity index (χ0n) is 29.2. The number of carbonyl (C=O) groups is 1. The number of benzene rings is 1. The summed E-state index contributed by atoms with van der Waals surface area (Å²) in [5, 5.41) is 32.6. The number of carbonyl (C=O) groups excluding carboxylic acids is 1. The molecular weight excluding hydrogens is 664 g/mol. The number of phenolic OH excluding ortho intramolecular Hbond substituents is 1. The topological polar surface area (TPSA) is 204 Å². The number of aromatic nitrogens is 2. The number of phenols is 1. The van der Waals surface area contributed by atoms with Gasteiger partial charge in [-0.3, -0.25) is 4.79 Å². The number of allylic oxidation sites excluding steroid dienone is 4. The number of aromatic hydroxyl groups is 1. The second-order valence-electron chi connectivity index (χ2n) is 14.2. The van der Waals surface area contributed by atoms with Crippen LogP contribution in [0.5, 0.6) is 11.5 Å². The number of fused-ring (bicyclic) bond motifs is 7. The molecule has 0 radical (unpaired) electrons. The van der Waals surface area contributed by atoms with Gasteiger partial charge in [0.1, 0.15) is 52.6 Å². The molecule has 1 aromatic carbocycles. The lowest BCUT2D eigenvalue weighted by molar-refractivity contribution is -0.162. The van der Waals surface area contributed by atoms with Crippen molar-refractivity contribution in [3.8, 4) is 11.5 Å². The molecule has 0 spiro atoms. The summed E-state index contributed by atoms with van der Waals surface area (Å²) in [6, 6.07) is 4.89. The van der Waals surface area contributed by atoms with Gasteiger partial charge in [0, 0.05) is 65.6 Å². The summed E-state index contributed by atoms with van der Waals surface area (Å²) in [6.07, 6.45) is 8.08. The van der Waals surface area contributed by atoms with Crippen LogP contribution in [-0.4, -0.2) is 49.6 Å². The Bertz CT molecular complexity index is 2360. The number of aliphatic hydroxyl groups excluding tert-OH is 2. The molecule has 2 bridgehead atoms. The van der Waals surface area contributed by atoms with Crippen molar-refractivity contribution in [3.05, 3.63) is 109 Å². The monoisotopic (exact) mass is 704 g/mol. The third-order valence-corrected chi connectivity index (χ3v) is 11.4. The molecule has 4 unspecified atom stereocenters. The number of rotatable bonds is 5. The molecule has 0 saturated heterocycles. The lowest BCUT2D eigenvalue weighted by Gasteiger charge is -2.49. The molecule has 0 saturated carbocycles. The van der Waals surface area contributed by atoms with Crippen molar-refractivity contribution in [2.75, 3.05) is 18.1 Å². The number of nitrogens with zero attached hydrogens (tertiary/aromatic N) is 2. The largest absolute Gasteiger partial charge is 0.507 e. The number of esters is 1. The third-order valence-electron chi connectivity index (χ3n) is 11.4. The highest BCUT2D eigenvalue weighted by Crippen LogP contribution is 2.58. The van der Waals surface area contributed by atoms with E-state index in [4.69, 9.17) is 25.4 Å². The molecule has 2 aliphatic carbocycles. The summed E-state index contributed by atoms with van der Waals surface area (Å²) in [6.45, 7) is 4.52. The van der Waals surface area contributed by atoms with Crippen LogP contribution in [-0.2, 0) is 35.4 Å². The molecular formula is C40H40N4O8. The maximum Gasteiger partial charge on any atom is 0.333 e. The van der Waals surface area contributed by atoms with Crippen LogP contribution in [0.2, 0.25) is 0 Å². The Balaban J connectivity index is 1.53. The van der Waals surface area contributed by atoms with Crippen LogP contribution in [0, 0.1) is 5.92 Å². The smallest absolute Gasteiger partial charge is 0.333 e. The zero-order chi connectivity index (χ0) is 36.6. The number of hydrogen-bond donors (Lipinski definition) is 5. The molecule has 5 heterocycles. The molecule has 0 fully saturated rings. The SMILES string of the molecule is CC=C(C)C(=O)OC1Cc2c3c(c4oc(CO)cc(=O)c4c2O)C(CCO)c2ccnc(N)c2C2=CCC4=C2C(Cc2cnc(N)cc2C4)C1(C)O3. The van der Waals surface area contributed by atoms with Gasteiger partial charge in [-0.2, -0.15) is 0 Å². The van der Waals surface area contributed by atoms with Crippen molar-refractivity contribution in [3.63, 3.8) is 0 Å². The van der Waals surface area contributed by atoms with Gasteiger partial charge in [0.15, 0.2) is 11.0 Å². The summed E-state index contributed by atoms with van der Waals surface area (Å²) < 4.78 is 19.9. The third kappa shape index (κ3) is 4.95. The molecule has 52 heavy (non-hydrogen) atoms. The van der Waals surface area contributed by atoms with E-state index in [1.165, 1.54) is 0 Å². The van der Waals surface area contributed by atoms with Crippen LogP contribution in [0.4, 0.5) is 11.6 Å². The van der Waals surface area contributed by atoms with E-state index in [2.05, 4.69) is 16.0 Å². The van der Waals surface area contributed by atoms with Gasteiger partial charge >= 0.3 is 5.97 Å². The quantitative estimate of drug-likeness (QED) is 0.144. The van der Waals surface area contributed by atoms with E-state index in [-0.39, 0.29) is 59.1 Å². The first-order valence-corrected chi connectivity index (χ1v) is 17.5. The fourth-order valence-electron chi connectivity index (χ4n) is 8.72. The molecule has 8 rings (SSSR count). The number of aliphatic hydroxyl groups is 2. The molecule has 268 valence electrons. The van der Waals surface area contributed by atoms with Gasteiger partial charge in [-0.25, -0.2) is 14.8 Å². The summed E-state index contributed by atoms with van der Waals surface area (Å²) in [5.74, 6) is -1.09. The molecule has 12 nitrogen and oxygen atoms in total. The molecule has 2 aliphatic heterocycles. The Morgan fingerprint density at radius 1 is 1.17 bits per heavy atom. The zero-order valence-corrected chi connectivity index (χ0v) is 29.2. The minimum atomic E-state index is -1.29. The van der Waals surface area contributed by atoms with E-state index in [0.717, 1.165) is 39.5 Å². The van der Waals surface area contributed by atoms with Crippen molar-refractivity contribution in [1.29, 1.82) is 0 Å². The summed E-state index contributed by atoms with van der Waals surface area (Å²) in [5.41, 5.74) is 18.7. The Labute approximate surface area is 299 Å². The van der Waals surface area contributed by atoms with E-state index >= 15 is 0 Å². The van der Waals surface area contributed by atoms with Crippen LogP contribution in [0.1, 0.15) is 78.7 Å². The number of pyridine rings is 2. The van der Waals surface area contributed by atoms with Gasteiger partial charge in [-0.05, 0) is 86.4 Å². The van der Waals surface area contributed by atoms with Gasteiger partial charge in [0.2, 0.25) is 0 Å². The average molecular weight is 705 g/mol. The van der Waals surface area contributed by atoms with Crippen molar-refractivity contribution < 1.29 is 34.0 Å². The minimum absolute atomic E-state index is 0.00451. The number of anilines is 2. The Kier molecular flexibility index (Phi) is 7.99. The molecule has 3 aromatic heterocycles. The number of nitrogens with two attached hydrogens (primary N) is 2. The van der Waals surface area contributed by atoms with Crippen LogP contribution >= 0.6 is 0 Å². The van der Waals surface area contributed by atoms with Crippen LogP contribution in [0.15, 0.2) is 68.7 Å². The van der Waals surface area contributed by atoms with E-state index in [9.17, 15) is 24.9 Å². The highest BCUT2D eigenvalue weighted by molar-refractivity contribution is 5.94. The van der Waals surface area contributed by atoms with Crippen molar-refractivity contribution >= 4 is 34.1 Å². The number of nitrogen functional groups attached to an aromatic ring is 2. The van der Waals surface area contributed by atoms with Gasteiger partial charge in [-0.1, -0.05) is 17.7 Å². The summed E-state index contributed by atoms with van der Waals surface area (Å²) in [7, 11) is 0. The lowest BCUT2D eigenvalue weighted by Crippen LogP contribution is -2.57. The molecule has 0 amide bonds. The van der Waals surface area contributed by atoms with Crippen molar-refractivity contribution in [1.82, 2.24) is 9.97 Å². The molecule has 7 N–H and O–H groups in total. The highest BCUT2D eigenvalue weighted by atomic mass is 16.6. The molecule has 4 aliphatic rings. The predicted octanol–water partition coefficient (Wildman–Crippen LogP) is 4.54. The van der Waals surface area contributed by atoms with Gasteiger partial charge in [0.05, 0.1) is 0 Å². The Morgan fingerprint density at radius 2 is 1.98 bits per heavy atom. The van der Waals surface area contributed by atoms with Gasteiger partial charge < -0.3 is 40.7 Å². The lowest BCUT2D eigenvalue weighted by atomic mass is 9.68. The maximum atomic E-state index is 13.7. The summed E-state index contributed by atoms with van der Waals surface area (Å²) >= 11 is 0. The van der Waals surface area contributed by atoms with Crippen LogP contribution in [0.25, 0.3) is 16.5 Å². The van der Waals surface area contributed by atoms with Gasteiger partial charge in [-0.15, -0.1) is 0 Å². The summed E-state index contributed by atoms with van der Waals surface area (Å²) in [4.78, 5) is 36.3. The predicted molar refractivity (Wildman–Crippen MR) is 193 cm³/mol. The molecule has 4 atom stereocenters. The first-order valence-electron chi connectivity index (χ1n) is 17.5. The van der Waals surface area contributed by atoms with Gasteiger partial charge in [0.25, 0.3) is 0 Å². The van der Waals surface area contributed by atoms with E-state index in [0.29, 0.717) is 41.8 Å². The van der Waals surface area contributed by atoms with E-state index in [1.54, 1.807) is 32.3 Å². The number of hydrogen-bond acceptors (Lipinski definition) is 12. The van der Waals surface area contributed by atoms with Crippen LogP contribution in [0.3, 0.4) is 0 Å². The fraction of sp³-hybridized carbons (Fsp3) is 0.350. The Hall–Kier alpha value is -5.46. The van der Waals surface area contributed by atoms with E-state index < -0.39 is 41.5 Å². The minimum Gasteiger partial charge on any atom is -0.507 e. The second-order valence-corrected chi connectivity index (χ2v) is 14.2. The molecule has 4 aromatic rings. The van der Waals surface area contributed by atoms with Crippen molar-refractivity contribution in [2.24, 2.45) is 5.92 Å². The maximum absolute atomic E-state index is 13.7. The number of ether oxygens (including phenoxy) is 2. The first-order chi connectivity index (χ1) is 25.0. The second kappa shape index (κ2) is 12.3. The Morgan fingerprint density at radius 3 is 2.73 bits per heavy atom. The highest BCUT2D eigenvalue weighted by Gasteiger charge is 2.55. The van der Waals surface area contributed by atoms with E-state index in [1.807, 2.05) is 19.1 Å².